The van der Waals surface area contributed by atoms with Crippen LogP contribution in [0.1, 0.15) is 25.3 Å². The van der Waals surface area contributed by atoms with Crippen LogP contribution in [0.5, 0.6) is 17.2 Å². The smallest absolute Gasteiger partial charge is 0.241 e. The average molecular weight is 367 g/mol. The van der Waals surface area contributed by atoms with Gasteiger partial charge in [0.05, 0.1) is 13.3 Å². The summed E-state index contributed by atoms with van der Waals surface area (Å²) >= 11 is 0. The van der Waals surface area contributed by atoms with Gasteiger partial charge < -0.3 is 20.5 Å². The summed E-state index contributed by atoms with van der Waals surface area (Å²) in [5.74, 6) is 1.25. The fourth-order valence-corrected chi connectivity index (χ4v) is 2.93. The molecular formula is C15H21N5O4S. The van der Waals surface area contributed by atoms with Crippen molar-refractivity contribution in [3.05, 3.63) is 23.9 Å². The lowest BCUT2D eigenvalue weighted by molar-refractivity contribution is 0.398. The summed E-state index contributed by atoms with van der Waals surface area (Å²) in [4.78, 5) is 7.76. The zero-order valence-electron chi connectivity index (χ0n) is 14.4. The van der Waals surface area contributed by atoms with Gasteiger partial charge in [-0.25, -0.2) is 18.5 Å². The molecule has 0 aliphatic rings. The Bertz CT molecular complexity index is 884. The summed E-state index contributed by atoms with van der Waals surface area (Å²) in [6, 6.07) is 2.93. The van der Waals surface area contributed by atoms with Crippen molar-refractivity contribution in [3.8, 4) is 17.2 Å². The lowest BCUT2D eigenvalue weighted by Crippen LogP contribution is -2.14. The van der Waals surface area contributed by atoms with Crippen molar-refractivity contribution in [2.24, 2.45) is 5.14 Å². The third-order valence-corrected chi connectivity index (χ3v) is 4.39. The van der Waals surface area contributed by atoms with Crippen molar-refractivity contribution in [2.75, 3.05) is 25.2 Å². The Hall–Kier alpha value is -2.59. The summed E-state index contributed by atoms with van der Waals surface area (Å²) in [6.07, 6.45) is 1.40. The number of primary sulfonamides is 1. The number of anilines is 2. The van der Waals surface area contributed by atoms with Gasteiger partial charge in [-0.2, -0.15) is 4.98 Å². The summed E-state index contributed by atoms with van der Waals surface area (Å²) < 4.78 is 34.7. The number of aromatic nitrogens is 2. The van der Waals surface area contributed by atoms with Crippen molar-refractivity contribution in [1.82, 2.24) is 9.97 Å². The first-order chi connectivity index (χ1) is 11.7. The highest BCUT2D eigenvalue weighted by Crippen LogP contribution is 2.38. The number of methoxy groups -OCH3 is 1. The molecule has 0 saturated carbocycles. The number of nitrogen functional groups attached to an aromatic ring is 1. The number of nitrogens with zero attached hydrogens (tertiary/aromatic N) is 2. The second-order valence-corrected chi connectivity index (χ2v) is 7.06. The monoisotopic (exact) mass is 367 g/mol. The maximum atomic E-state index is 11.9. The van der Waals surface area contributed by atoms with Crippen molar-refractivity contribution >= 4 is 21.8 Å². The molecule has 0 unspecified atom stereocenters. The standard InChI is InChI=1S/C15H21N5O4S/c1-8(2)9-5-11(23-4)13(25(17,21)22)6-10(9)24-12-7-19-15(16)20-14(12)18-3/h5-8H,1-4H3,(H2,17,21,22)(H3,16,18,19,20). The first-order valence-corrected chi connectivity index (χ1v) is 8.94. The predicted molar refractivity (Wildman–Crippen MR) is 94.5 cm³/mol. The molecule has 9 nitrogen and oxygen atoms in total. The van der Waals surface area contributed by atoms with E-state index in [1.807, 2.05) is 13.8 Å². The Morgan fingerprint density at radius 1 is 1.20 bits per heavy atom. The number of nitrogens with one attached hydrogen (secondary N) is 1. The summed E-state index contributed by atoms with van der Waals surface area (Å²) in [5, 5.41) is 8.13. The van der Waals surface area contributed by atoms with Gasteiger partial charge in [-0.1, -0.05) is 13.8 Å². The molecule has 0 bridgehead atoms. The Balaban J connectivity index is 2.63. The molecule has 1 aromatic heterocycles. The van der Waals surface area contributed by atoms with Crippen LogP contribution in [-0.4, -0.2) is 32.5 Å². The molecule has 136 valence electrons. The molecule has 0 aliphatic carbocycles. The molecule has 10 heteroatoms. The van der Waals surface area contributed by atoms with Gasteiger partial charge in [-0.05, 0) is 12.0 Å². The van der Waals surface area contributed by atoms with Gasteiger partial charge in [0.25, 0.3) is 0 Å². The average Bonchev–Trinajstić information content (AvgIpc) is 2.54. The third kappa shape index (κ3) is 4.09. The van der Waals surface area contributed by atoms with Crippen molar-refractivity contribution in [3.63, 3.8) is 0 Å². The number of hydrogen-bond donors (Lipinski definition) is 3. The zero-order valence-corrected chi connectivity index (χ0v) is 15.2. The van der Waals surface area contributed by atoms with Gasteiger partial charge in [0.2, 0.25) is 16.0 Å². The highest BCUT2D eigenvalue weighted by molar-refractivity contribution is 7.89. The quantitative estimate of drug-likeness (QED) is 0.700. The predicted octanol–water partition coefficient (Wildman–Crippen LogP) is 1.67. The second kappa shape index (κ2) is 7.11. The van der Waals surface area contributed by atoms with Crippen LogP contribution < -0.4 is 25.7 Å². The molecule has 1 heterocycles. The fraction of sp³-hybridized carbons (Fsp3) is 0.333. The second-order valence-electron chi connectivity index (χ2n) is 5.53. The van der Waals surface area contributed by atoms with Gasteiger partial charge in [-0.3, -0.25) is 0 Å². The summed E-state index contributed by atoms with van der Waals surface area (Å²) in [5.41, 5.74) is 6.30. The Labute approximate surface area is 146 Å². The molecule has 1 aromatic carbocycles. The molecule has 0 radical (unpaired) electrons. The van der Waals surface area contributed by atoms with E-state index in [0.29, 0.717) is 17.3 Å². The number of rotatable bonds is 6. The summed E-state index contributed by atoms with van der Waals surface area (Å²) in [6.45, 7) is 3.88. The van der Waals surface area contributed by atoms with Gasteiger partial charge in [0.1, 0.15) is 16.4 Å². The molecule has 0 saturated heterocycles. The van der Waals surface area contributed by atoms with Crippen LogP contribution in [0.3, 0.4) is 0 Å². The molecule has 5 N–H and O–H groups in total. The molecule has 25 heavy (non-hydrogen) atoms. The molecule has 0 fully saturated rings. The topological polar surface area (TPSA) is 142 Å². The van der Waals surface area contributed by atoms with E-state index in [-0.39, 0.29) is 22.5 Å². The first kappa shape index (κ1) is 18.7. The van der Waals surface area contributed by atoms with Crippen LogP contribution >= 0.6 is 0 Å². The normalized spacial score (nSPS) is 11.4. The number of sulfonamides is 1. The van der Waals surface area contributed by atoms with E-state index in [0.717, 1.165) is 5.56 Å². The molecule has 0 atom stereocenters. The SMILES string of the molecule is CNc1nc(N)ncc1Oc1cc(S(N)(=O)=O)c(OC)cc1C(C)C. The highest BCUT2D eigenvalue weighted by Gasteiger charge is 2.22. The molecule has 0 amide bonds. The van der Waals surface area contributed by atoms with Gasteiger partial charge in [0, 0.05) is 18.7 Å². The zero-order chi connectivity index (χ0) is 18.8. The van der Waals surface area contributed by atoms with E-state index in [2.05, 4.69) is 15.3 Å². The Kier molecular flexibility index (Phi) is 5.33. The van der Waals surface area contributed by atoms with E-state index in [4.69, 9.17) is 20.3 Å². The maximum absolute atomic E-state index is 11.9. The van der Waals surface area contributed by atoms with Crippen LogP contribution in [0, 0.1) is 0 Å². The van der Waals surface area contributed by atoms with Crippen LogP contribution in [0.15, 0.2) is 23.2 Å². The molecule has 2 rings (SSSR count). The minimum atomic E-state index is -4.00. The van der Waals surface area contributed by atoms with Crippen LogP contribution in [0.4, 0.5) is 11.8 Å². The molecular weight excluding hydrogens is 346 g/mol. The summed E-state index contributed by atoms with van der Waals surface area (Å²) in [7, 11) is -0.966. The Morgan fingerprint density at radius 2 is 1.88 bits per heavy atom. The number of benzene rings is 1. The fourth-order valence-electron chi connectivity index (χ4n) is 2.24. The minimum Gasteiger partial charge on any atom is -0.495 e. The van der Waals surface area contributed by atoms with Crippen molar-refractivity contribution < 1.29 is 17.9 Å². The van der Waals surface area contributed by atoms with E-state index in [1.165, 1.54) is 19.4 Å². The third-order valence-electron chi connectivity index (χ3n) is 3.46. The number of ether oxygens (including phenoxy) is 2. The van der Waals surface area contributed by atoms with Gasteiger partial charge >= 0.3 is 0 Å². The Morgan fingerprint density at radius 3 is 2.40 bits per heavy atom. The van der Waals surface area contributed by atoms with Crippen LogP contribution in [0.2, 0.25) is 0 Å². The van der Waals surface area contributed by atoms with Crippen molar-refractivity contribution in [1.29, 1.82) is 0 Å². The lowest BCUT2D eigenvalue weighted by atomic mass is 10.0. The molecule has 0 spiro atoms. The van der Waals surface area contributed by atoms with Crippen LogP contribution in [-0.2, 0) is 10.0 Å². The van der Waals surface area contributed by atoms with Crippen LogP contribution in [0.25, 0.3) is 0 Å². The molecule has 2 aromatic rings. The first-order valence-electron chi connectivity index (χ1n) is 7.40. The highest BCUT2D eigenvalue weighted by atomic mass is 32.2. The van der Waals surface area contributed by atoms with E-state index in [9.17, 15) is 8.42 Å². The van der Waals surface area contributed by atoms with Crippen molar-refractivity contribution in [2.45, 2.75) is 24.7 Å². The lowest BCUT2D eigenvalue weighted by Gasteiger charge is -2.18. The molecule has 0 aliphatic heterocycles. The largest absolute Gasteiger partial charge is 0.495 e. The van der Waals surface area contributed by atoms with E-state index < -0.39 is 10.0 Å². The number of nitrogens with two attached hydrogens (primary N) is 2. The number of hydrogen-bond acceptors (Lipinski definition) is 8. The van der Waals surface area contributed by atoms with E-state index in [1.54, 1.807) is 13.1 Å². The maximum Gasteiger partial charge on any atom is 0.241 e. The van der Waals surface area contributed by atoms with Gasteiger partial charge in [0.15, 0.2) is 11.6 Å². The minimum absolute atomic E-state index is 0.0335. The van der Waals surface area contributed by atoms with Gasteiger partial charge in [-0.15, -0.1) is 0 Å². The van der Waals surface area contributed by atoms with E-state index >= 15 is 0 Å².